The van der Waals surface area contributed by atoms with E-state index in [4.69, 9.17) is 4.74 Å². The van der Waals surface area contributed by atoms with E-state index in [1.165, 1.54) is 12.8 Å². The number of likely N-dealkylation sites (N-methyl/N-ethyl adjacent to an activating group) is 1. The predicted octanol–water partition coefficient (Wildman–Crippen LogP) is 1.46. The van der Waals surface area contributed by atoms with Gasteiger partial charge in [-0.15, -0.1) is 0 Å². The number of rotatable bonds is 3. The van der Waals surface area contributed by atoms with Crippen molar-refractivity contribution < 1.29 is 4.74 Å². The van der Waals surface area contributed by atoms with Crippen LogP contribution in [0.4, 0.5) is 0 Å². The van der Waals surface area contributed by atoms with Gasteiger partial charge in [0, 0.05) is 0 Å². The first-order chi connectivity index (χ1) is 4.61. The van der Waals surface area contributed by atoms with E-state index in [2.05, 4.69) is 32.8 Å². The van der Waals surface area contributed by atoms with E-state index >= 15 is 0 Å². The van der Waals surface area contributed by atoms with Crippen LogP contribution < -0.4 is 0 Å². The fourth-order valence-electron chi connectivity index (χ4n) is 1.24. The van der Waals surface area contributed by atoms with Crippen LogP contribution in [0.25, 0.3) is 0 Å². The highest BCUT2D eigenvalue weighted by atomic mass is 16.6. The van der Waals surface area contributed by atoms with E-state index in [-0.39, 0.29) is 5.72 Å². The zero-order valence-electron chi connectivity index (χ0n) is 7.35. The number of hydrogen-bond acceptors (Lipinski definition) is 2. The van der Waals surface area contributed by atoms with Crippen LogP contribution >= 0.6 is 0 Å². The lowest BCUT2D eigenvalue weighted by atomic mass is 10.1. The molecule has 0 spiro atoms. The van der Waals surface area contributed by atoms with Crippen molar-refractivity contribution >= 4 is 0 Å². The Morgan fingerprint density at radius 2 is 2.10 bits per heavy atom. The summed E-state index contributed by atoms with van der Waals surface area (Å²) in [6, 6.07) is 0. The van der Waals surface area contributed by atoms with E-state index in [0.717, 1.165) is 0 Å². The molecule has 0 N–H and O–H groups in total. The van der Waals surface area contributed by atoms with Crippen molar-refractivity contribution in [3.8, 4) is 0 Å². The summed E-state index contributed by atoms with van der Waals surface area (Å²) < 4.78 is 5.53. The summed E-state index contributed by atoms with van der Waals surface area (Å²) in [7, 11) is 4.13. The summed E-state index contributed by atoms with van der Waals surface area (Å²) in [6.45, 7) is 4.34. The SMILES string of the molecule is CCCC1OC1(C)N(C)C. The van der Waals surface area contributed by atoms with Crippen molar-refractivity contribution in [1.29, 1.82) is 0 Å². The third-order valence-corrected chi connectivity index (χ3v) is 2.36. The van der Waals surface area contributed by atoms with Gasteiger partial charge in [-0.05, 0) is 27.4 Å². The standard InChI is InChI=1S/C8H17NO/c1-5-6-7-8(2,10-7)9(3)4/h7H,5-6H2,1-4H3. The molecule has 1 rings (SSSR count). The average Bonchev–Trinajstić information content (AvgIpc) is 2.45. The van der Waals surface area contributed by atoms with Gasteiger partial charge in [-0.2, -0.15) is 0 Å². The average molecular weight is 143 g/mol. The molecule has 0 aromatic carbocycles. The Morgan fingerprint density at radius 1 is 1.50 bits per heavy atom. The van der Waals surface area contributed by atoms with Crippen LogP contribution in [0, 0.1) is 0 Å². The molecule has 0 aromatic rings. The molecular formula is C8H17NO. The molecule has 2 unspecified atom stereocenters. The molecular weight excluding hydrogens is 126 g/mol. The minimum atomic E-state index is 0.0516. The van der Waals surface area contributed by atoms with E-state index in [0.29, 0.717) is 6.10 Å². The van der Waals surface area contributed by atoms with Crippen LogP contribution in [-0.4, -0.2) is 30.8 Å². The predicted molar refractivity (Wildman–Crippen MR) is 41.9 cm³/mol. The van der Waals surface area contributed by atoms with Gasteiger partial charge in [-0.1, -0.05) is 13.3 Å². The van der Waals surface area contributed by atoms with Crippen LogP contribution in [0.1, 0.15) is 26.7 Å². The van der Waals surface area contributed by atoms with Crippen LogP contribution in [-0.2, 0) is 4.74 Å². The second-order valence-corrected chi connectivity index (χ2v) is 3.34. The van der Waals surface area contributed by atoms with Crippen LogP contribution in [0.15, 0.2) is 0 Å². The van der Waals surface area contributed by atoms with Crippen LogP contribution in [0.5, 0.6) is 0 Å². The van der Waals surface area contributed by atoms with Crippen molar-refractivity contribution in [2.75, 3.05) is 14.1 Å². The fourth-order valence-corrected chi connectivity index (χ4v) is 1.24. The minimum absolute atomic E-state index is 0.0516. The van der Waals surface area contributed by atoms with Gasteiger partial charge in [0.1, 0.15) is 11.8 Å². The smallest absolute Gasteiger partial charge is 0.145 e. The fraction of sp³-hybridized carbons (Fsp3) is 1.00. The summed E-state index contributed by atoms with van der Waals surface area (Å²) in [5.74, 6) is 0. The molecule has 0 amide bonds. The molecule has 0 aliphatic carbocycles. The molecule has 1 aliphatic heterocycles. The van der Waals surface area contributed by atoms with Gasteiger partial charge in [0.15, 0.2) is 0 Å². The lowest BCUT2D eigenvalue weighted by molar-refractivity contribution is 0.150. The van der Waals surface area contributed by atoms with Crippen LogP contribution in [0.3, 0.4) is 0 Å². The molecule has 10 heavy (non-hydrogen) atoms. The molecule has 2 atom stereocenters. The number of nitrogens with zero attached hydrogens (tertiary/aromatic N) is 1. The van der Waals surface area contributed by atoms with E-state index < -0.39 is 0 Å². The normalized spacial score (nSPS) is 38.7. The van der Waals surface area contributed by atoms with Gasteiger partial charge >= 0.3 is 0 Å². The molecule has 0 bridgehead atoms. The maximum atomic E-state index is 5.53. The largest absolute Gasteiger partial charge is 0.350 e. The van der Waals surface area contributed by atoms with Gasteiger partial charge in [-0.3, -0.25) is 4.90 Å². The van der Waals surface area contributed by atoms with Crippen molar-refractivity contribution in [2.24, 2.45) is 0 Å². The topological polar surface area (TPSA) is 15.8 Å². The molecule has 2 heteroatoms. The Bertz CT molecular complexity index is 124. The summed E-state index contributed by atoms with van der Waals surface area (Å²) >= 11 is 0. The number of ether oxygens (including phenoxy) is 1. The van der Waals surface area contributed by atoms with Crippen molar-refractivity contribution in [1.82, 2.24) is 4.90 Å². The Balaban J connectivity index is 2.33. The van der Waals surface area contributed by atoms with E-state index in [1.807, 2.05) is 0 Å². The van der Waals surface area contributed by atoms with Gasteiger partial charge in [0.2, 0.25) is 0 Å². The maximum Gasteiger partial charge on any atom is 0.145 e. The van der Waals surface area contributed by atoms with Gasteiger partial charge in [0.25, 0.3) is 0 Å². The Labute approximate surface area is 63.2 Å². The lowest BCUT2D eigenvalue weighted by Crippen LogP contribution is -2.30. The second-order valence-electron chi connectivity index (χ2n) is 3.34. The summed E-state index contributed by atoms with van der Waals surface area (Å²) in [6.07, 6.45) is 2.88. The molecule has 60 valence electrons. The monoisotopic (exact) mass is 143 g/mol. The van der Waals surface area contributed by atoms with Gasteiger partial charge in [-0.25, -0.2) is 0 Å². The minimum Gasteiger partial charge on any atom is -0.350 e. The molecule has 1 heterocycles. The molecule has 0 saturated carbocycles. The highest BCUT2D eigenvalue weighted by Crippen LogP contribution is 2.40. The summed E-state index contributed by atoms with van der Waals surface area (Å²) in [4.78, 5) is 2.15. The second kappa shape index (κ2) is 2.51. The lowest BCUT2D eigenvalue weighted by Gasteiger charge is -2.15. The molecule has 0 radical (unpaired) electrons. The van der Waals surface area contributed by atoms with Crippen molar-refractivity contribution in [3.05, 3.63) is 0 Å². The Hall–Kier alpha value is -0.0800. The summed E-state index contributed by atoms with van der Waals surface area (Å²) in [5.41, 5.74) is 0.0516. The maximum absolute atomic E-state index is 5.53. The molecule has 0 aromatic heterocycles. The van der Waals surface area contributed by atoms with Gasteiger partial charge in [0.05, 0.1) is 0 Å². The first-order valence-corrected chi connectivity index (χ1v) is 3.96. The third kappa shape index (κ3) is 1.18. The molecule has 1 aliphatic rings. The van der Waals surface area contributed by atoms with E-state index in [9.17, 15) is 0 Å². The number of hydrogen-bond donors (Lipinski definition) is 0. The molecule has 2 nitrogen and oxygen atoms in total. The highest BCUT2D eigenvalue weighted by Gasteiger charge is 2.53. The van der Waals surface area contributed by atoms with E-state index in [1.54, 1.807) is 0 Å². The first kappa shape index (κ1) is 8.02. The van der Waals surface area contributed by atoms with Crippen molar-refractivity contribution in [3.63, 3.8) is 0 Å². The first-order valence-electron chi connectivity index (χ1n) is 3.96. The van der Waals surface area contributed by atoms with Gasteiger partial charge < -0.3 is 4.74 Å². The van der Waals surface area contributed by atoms with Crippen molar-refractivity contribution in [2.45, 2.75) is 38.5 Å². The highest BCUT2D eigenvalue weighted by molar-refractivity contribution is 4.95. The van der Waals surface area contributed by atoms with Crippen LogP contribution in [0.2, 0.25) is 0 Å². The molecule has 1 fully saturated rings. The zero-order valence-corrected chi connectivity index (χ0v) is 7.35. The zero-order chi connectivity index (χ0) is 7.78. The Kier molecular flexibility index (Phi) is 2.02. The Morgan fingerprint density at radius 3 is 2.40 bits per heavy atom. The third-order valence-electron chi connectivity index (χ3n) is 2.36. The number of epoxide rings is 1. The quantitative estimate of drug-likeness (QED) is 0.556. The molecule has 1 saturated heterocycles. The summed E-state index contributed by atoms with van der Waals surface area (Å²) in [5, 5.41) is 0.